The van der Waals surface area contributed by atoms with E-state index in [0.717, 1.165) is 6.07 Å². The van der Waals surface area contributed by atoms with Crippen LogP contribution < -0.4 is 15.0 Å². The number of nitrogens with one attached hydrogen (secondary N) is 1. The lowest BCUT2D eigenvalue weighted by molar-refractivity contribution is -0.139. The minimum atomic E-state index is -4.81. The van der Waals surface area contributed by atoms with Crippen LogP contribution in [0.25, 0.3) is 10.9 Å². The Morgan fingerprint density at radius 2 is 2.00 bits per heavy atom. The Labute approximate surface area is 195 Å². The molecule has 4 heterocycles. The minimum absolute atomic E-state index is 0.0485. The average Bonchev–Trinajstić information content (AvgIpc) is 2.82. The lowest BCUT2D eigenvalue weighted by Gasteiger charge is -2.26. The molecule has 0 atom stereocenters. The van der Waals surface area contributed by atoms with Gasteiger partial charge in [0.1, 0.15) is 18.2 Å². The number of alkyl halides is 5. The Bertz CT molecular complexity index is 1300. The SMILES string of the molecule is O=C1COCCN1c1cc2c3nc(nc2cn1)OCC(F)(F)Cc1c(cccc1C(F)(F)F)CN3. The van der Waals surface area contributed by atoms with Crippen LogP contribution in [0.5, 0.6) is 6.01 Å². The van der Waals surface area contributed by atoms with E-state index in [-0.39, 0.29) is 48.5 Å². The van der Waals surface area contributed by atoms with E-state index in [0.29, 0.717) is 17.8 Å². The molecule has 1 amide bonds. The molecule has 184 valence electrons. The van der Waals surface area contributed by atoms with Gasteiger partial charge in [-0.1, -0.05) is 12.1 Å². The van der Waals surface area contributed by atoms with E-state index in [1.165, 1.54) is 23.2 Å². The molecule has 2 aliphatic rings. The first-order chi connectivity index (χ1) is 16.6. The van der Waals surface area contributed by atoms with Crippen molar-refractivity contribution in [2.45, 2.75) is 25.1 Å². The molecule has 1 fully saturated rings. The summed E-state index contributed by atoms with van der Waals surface area (Å²) in [6.45, 7) is -0.912. The zero-order valence-electron chi connectivity index (χ0n) is 18.0. The summed E-state index contributed by atoms with van der Waals surface area (Å²) in [5.74, 6) is -3.46. The summed E-state index contributed by atoms with van der Waals surface area (Å²) >= 11 is 0. The summed E-state index contributed by atoms with van der Waals surface area (Å²) in [6, 6.07) is 4.48. The molecule has 0 unspecified atom stereocenters. The van der Waals surface area contributed by atoms with E-state index in [9.17, 15) is 26.7 Å². The summed E-state index contributed by atoms with van der Waals surface area (Å²) in [7, 11) is 0. The van der Waals surface area contributed by atoms with Gasteiger partial charge >= 0.3 is 12.2 Å². The molecule has 8 nitrogen and oxygen atoms in total. The van der Waals surface area contributed by atoms with Crippen LogP contribution in [0.3, 0.4) is 0 Å². The number of carbonyl (C=O) groups is 1. The van der Waals surface area contributed by atoms with Gasteiger partial charge in [0.05, 0.1) is 30.4 Å². The lowest BCUT2D eigenvalue weighted by Crippen LogP contribution is -2.42. The van der Waals surface area contributed by atoms with Gasteiger partial charge in [-0.2, -0.15) is 23.1 Å². The van der Waals surface area contributed by atoms with Crippen molar-refractivity contribution in [2.75, 3.05) is 36.6 Å². The molecule has 0 aliphatic carbocycles. The molecule has 2 aliphatic heterocycles. The van der Waals surface area contributed by atoms with E-state index in [2.05, 4.69) is 20.3 Å². The first-order valence-electron chi connectivity index (χ1n) is 10.6. The van der Waals surface area contributed by atoms with Gasteiger partial charge in [-0.25, -0.2) is 13.8 Å². The van der Waals surface area contributed by atoms with Crippen LogP contribution in [0.4, 0.5) is 33.6 Å². The second-order valence-electron chi connectivity index (χ2n) is 8.13. The topological polar surface area (TPSA) is 89.5 Å². The molecule has 2 bridgehead atoms. The van der Waals surface area contributed by atoms with E-state index in [1.54, 1.807) is 6.07 Å². The Morgan fingerprint density at radius 3 is 2.77 bits per heavy atom. The minimum Gasteiger partial charge on any atom is -0.457 e. The number of morpholine rings is 1. The van der Waals surface area contributed by atoms with Gasteiger partial charge in [0.25, 0.3) is 11.8 Å². The zero-order chi connectivity index (χ0) is 24.8. The average molecular weight is 495 g/mol. The number of nitrogens with zero attached hydrogens (tertiary/aromatic N) is 4. The predicted octanol–water partition coefficient (Wildman–Crippen LogP) is 3.59. The largest absolute Gasteiger partial charge is 0.457 e. The van der Waals surface area contributed by atoms with Crippen molar-refractivity contribution in [3.05, 3.63) is 47.2 Å². The third-order valence-electron chi connectivity index (χ3n) is 5.68. The van der Waals surface area contributed by atoms with Crippen molar-refractivity contribution in [3.63, 3.8) is 0 Å². The van der Waals surface area contributed by atoms with Crippen molar-refractivity contribution in [2.24, 2.45) is 0 Å². The molecular formula is C22H18F5N5O3. The molecule has 5 rings (SSSR count). The van der Waals surface area contributed by atoms with Crippen molar-refractivity contribution < 1.29 is 36.2 Å². The molecule has 2 aromatic heterocycles. The third kappa shape index (κ3) is 4.67. The number of aromatic nitrogens is 3. The number of benzene rings is 1. The van der Waals surface area contributed by atoms with Crippen LogP contribution in [-0.2, 0) is 28.7 Å². The summed E-state index contributed by atoms with van der Waals surface area (Å²) in [5, 5.41) is 3.32. The molecule has 1 saturated heterocycles. The maximum absolute atomic E-state index is 14.7. The van der Waals surface area contributed by atoms with Crippen LogP contribution in [0.1, 0.15) is 16.7 Å². The number of hydrogen-bond acceptors (Lipinski definition) is 7. The maximum Gasteiger partial charge on any atom is 0.416 e. The van der Waals surface area contributed by atoms with Gasteiger partial charge in [-0.15, -0.1) is 0 Å². The standard InChI is InChI=1S/C22H18F5N5O3/c23-21(24)7-14-12(2-1-3-15(14)22(25,26)27)8-29-19-13-6-17(32-4-5-34-10-18(32)33)28-9-16(13)30-20(31-19)35-11-21/h1-3,6,9H,4-5,7-8,10-11H2,(H,29,30,31). The summed E-state index contributed by atoms with van der Waals surface area (Å²) in [4.78, 5) is 26.2. The van der Waals surface area contributed by atoms with Gasteiger partial charge in [0, 0.05) is 18.4 Å². The molecule has 0 saturated carbocycles. The summed E-state index contributed by atoms with van der Waals surface area (Å²) in [6.07, 6.45) is -4.63. The van der Waals surface area contributed by atoms with Gasteiger partial charge < -0.3 is 14.8 Å². The van der Waals surface area contributed by atoms with Gasteiger partial charge in [-0.3, -0.25) is 9.69 Å². The molecule has 0 radical (unpaired) electrons. The normalized spacial score (nSPS) is 18.3. The number of halogens is 5. The smallest absolute Gasteiger partial charge is 0.416 e. The molecule has 35 heavy (non-hydrogen) atoms. The summed E-state index contributed by atoms with van der Waals surface area (Å²) in [5.41, 5.74) is -1.36. The Kier molecular flexibility index (Phi) is 5.66. The number of amides is 1. The first kappa shape index (κ1) is 23.1. The van der Waals surface area contributed by atoms with Gasteiger partial charge in [-0.05, 0) is 23.3 Å². The number of carbonyl (C=O) groups excluding carboxylic acids is 1. The van der Waals surface area contributed by atoms with Crippen LogP contribution >= 0.6 is 0 Å². The Morgan fingerprint density at radius 1 is 1.17 bits per heavy atom. The third-order valence-corrected chi connectivity index (χ3v) is 5.68. The molecule has 0 spiro atoms. The fourth-order valence-electron chi connectivity index (χ4n) is 4.04. The lowest BCUT2D eigenvalue weighted by atomic mass is 9.95. The second kappa shape index (κ2) is 8.56. The summed E-state index contributed by atoms with van der Waals surface area (Å²) < 4.78 is 80.4. The molecule has 3 aromatic rings. The maximum atomic E-state index is 14.7. The first-order valence-corrected chi connectivity index (χ1v) is 10.6. The number of anilines is 2. The predicted molar refractivity (Wildman–Crippen MR) is 113 cm³/mol. The number of hydrogen-bond donors (Lipinski definition) is 1. The highest BCUT2D eigenvalue weighted by Gasteiger charge is 2.39. The highest BCUT2D eigenvalue weighted by molar-refractivity contribution is 5.97. The number of ether oxygens (including phenoxy) is 2. The monoisotopic (exact) mass is 495 g/mol. The Hall–Kier alpha value is -3.61. The van der Waals surface area contributed by atoms with E-state index >= 15 is 0 Å². The highest BCUT2D eigenvalue weighted by Crippen LogP contribution is 2.37. The second-order valence-corrected chi connectivity index (χ2v) is 8.13. The van der Waals surface area contributed by atoms with Gasteiger partial charge in [0.15, 0.2) is 6.61 Å². The zero-order valence-corrected chi connectivity index (χ0v) is 18.0. The molecule has 13 heteroatoms. The Balaban J connectivity index is 1.60. The van der Waals surface area contributed by atoms with E-state index < -0.39 is 36.3 Å². The van der Waals surface area contributed by atoms with Crippen molar-refractivity contribution in [1.82, 2.24) is 15.0 Å². The highest BCUT2D eigenvalue weighted by atomic mass is 19.4. The van der Waals surface area contributed by atoms with Crippen LogP contribution in [0.2, 0.25) is 0 Å². The quantitative estimate of drug-likeness (QED) is 0.516. The molecular weight excluding hydrogens is 477 g/mol. The van der Waals surface area contributed by atoms with Crippen LogP contribution in [-0.4, -0.2) is 53.1 Å². The number of rotatable bonds is 1. The van der Waals surface area contributed by atoms with E-state index in [1.807, 2.05) is 0 Å². The van der Waals surface area contributed by atoms with Crippen molar-refractivity contribution in [3.8, 4) is 6.01 Å². The number of fused-ring (bicyclic) bond motifs is 5. The van der Waals surface area contributed by atoms with Crippen molar-refractivity contribution in [1.29, 1.82) is 0 Å². The van der Waals surface area contributed by atoms with Crippen LogP contribution in [0, 0.1) is 0 Å². The molecule has 1 N–H and O–H groups in total. The molecule has 1 aromatic carbocycles. The van der Waals surface area contributed by atoms with Crippen LogP contribution in [0.15, 0.2) is 30.5 Å². The number of pyridine rings is 1. The van der Waals surface area contributed by atoms with Gasteiger partial charge in [0.2, 0.25) is 0 Å². The fourth-order valence-corrected chi connectivity index (χ4v) is 4.04. The van der Waals surface area contributed by atoms with Crippen molar-refractivity contribution >= 4 is 28.4 Å². The fraction of sp³-hybridized carbons (Fsp3) is 0.364. The van der Waals surface area contributed by atoms with E-state index in [4.69, 9.17) is 9.47 Å².